The van der Waals surface area contributed by atoms with Gasteiger partial charge in [-0.15, -0.1) is 0 Å². The first-order valence-electron chi connectivity index (χ1n) is 12.1. The van der Waals surface area contributed by atoms with Crippen LogP contribution in [0.25, 0.3) is 10.9 Å². The third kappa shape index (κ3) is 6.66. The Labute approximate surface area is 239 Å². The lowest BCUT2D eigenvalue weighted by Gasteiger charge is -2.21. The van der Waals surface area contributed by atoms with Gasteiger partial charge in [-0.1, -0.05) is 66.0 Å². The van der Waals surface area contributed by atoms with Gasteiger partial charge in [0.2, 0.25) is 0 Å². The summed E-state index contributed by atoms with van der Waals surface area (Å²) in [5.74, 6) is 0.708. The predicted molar refractivity (Wildman–Crippen MR) is 159 cm³/mol. The monoisotopic (exact) mass is 610 g/mol. The summed E-state index contributed by atoms with van der Waals surface area (Å²) < 4.78 is 13.2. The summed E-state index contributed by atoms with van der Waals surface area (Å²) >= 11 is 9.92. The number of nitrogens with one attached hydrogen (secondary N) is 1. The molecule has 0 fully saturated rings. The average molecular weight is 612 g/mol. The van der Waals surface area contributed by atoms with Crippen LogP contribution in [0.3, 0.4) is 0 Å². The van der Waals surface area contributed by atoms with Crippen LogP contribution in [0.15, 0.2) is 69.0 Å². The molecule has 202 valence electrons. The first-order chi connectivity index (χ1) is 18.5. The van der Waals surface area contributed by atoms with Gasteiger partial charge in [0.1, 0.15) is 5.82 Å². The van der Waals surface area contributed by atoms with Crippen molar-refractivity contribution in [3.8, 4) is 11.5 Å². The van der Waals surface area contributed by atoms with E-state index >= 15 is 0 Å². The van der Waals surface area contributed by atoms with Crippen LogP contribution in [0.2, 0.25) is 5.02 Å². The molecular formula is C29H28BrClN4O4. The smallest absolute Gasteiger partial charge is 0.282 e. The van der Waals surface area contributed by atoms with Gasteiger partial charge in [0.25, 0.3) is 11.5 Å². The van der Waals surface area contributed by atoms with Crippen LogP contribution in [-0.4, -0.2) is 35.5 Å². The minimum absolute atomic E-state index is 0.222. The fourth-order valence-electron chi connectivity index (χ4n) is 3.79. The Morgan fingerprint density at radius 2 is 1.87 bits per heavy atom. The number of halogens is 2. The molecule has 10 heteroatoms. The average Bonchev–Trinajstić information content (AvgIpc) is 2.88. The molecule has 1 N–H and O–H groups in total. The first kappa shape index (κ1) is 28.3. The van der Waals surface area contributed by atoms with Crippen molar-refractivity contribution in [1.82, 2.24) is 9.66 Å². The normalized spacial score (nSPS) is 11.7. The molecule has 4 rings (SSSR count). The number of fused-ring (bicyclic) bond motifs is 1. The third-order valence-electron chi connectivity index (χ3n) is 5.74. The Bertz CT molecular complexity index is 1630. The third-order valence-corrected chi connectivity index (χ3v) is 6.51. The summed E-state index contributed by atoms with van der Waals surface area (Å²) in [6.45, 7) is 7.60. The topological polar surface area (TPSA) is 94.8 Å². The molecule has 0 saturated carbocycles. The molecule has 1 aromatic heterocycles. The van der Waals surface area contributed by atoms with Crippen LogP contribution < -0.4 is 20.3 Å². The number of benzene rings is 3. The van der Waals surface area contributed by atoms with E-state index in [2.05, 4.69) is 26.3 Å². The Balaban J connectivity index is 1.61. The zero-order valence-electron chi connectivity index (χ0n) is 22.2. The maximum atomic E-state index is 13.4. The van der Waals surface area contributed by atoms with Gasteiger partial charge in [-0.2, -0.15) is 9.78 Å². The van der Waals surface area contributed by atoms with Gasteiger partial charge in [-0.05, 0) is 55.0 Å². The van der Waals surface area contributed by atoms with Crippen molar-refractivity contribution in [1.29, 1.82) is 0 Å². The Hall–Kier alpha value is -3.69. The van der Waals surface area contributed by atoms with Gasteiger partial charge < -0.3 is 14.8 Å². The molecule has 0 aliphatic heterocycles. The van der Waals surface area contributed by atoms with Gasteiger partial charge >= 0.3 is 0 Å². The molecule has 0 saturated heterocycles. The molecule has 4 aromatic rings. The number of rotatable bonds is 7. The lowest BCUT2D eigenvalue weighted by Crippen LogP contribution is -2.29. The maximum Gasteiger partial charge on any atom is 0.282 e. The lowest BCUT2D eigenvalue weighted by atomic mass is 9.95. The van der Waals surface area contributed by atoms with E-state index in [9.17, 15) is 9.59 Å². The molecule has 0 aliphatic rings. The van der Waals surface area contributed by atoms with Crippen molar-refractivity contribution < 1.29 is 14.3 Å². The molecule has 8 nitrogen and oxygen atoms in total. The van der Waals surface area contributed by atoms with Gasteiger partial charge in [0.05, 0.1) is 29.2 Å². The molecule has 0 unspecified atom stereocenters. The number of nitrogens with zero attached hydrogens (tertiary/aromatic N) is 3. The maximum absolute atomic E-state index is 13.4. The summed E-state index contributed by atoms with van der Waals surface area (Å²) in [5, 5.41) is 7.92. The number of amides is 1. The SMILES string of the molecule is COc1cc(C=Nn2c(C(C)(C)C)nc3ccc(Br)cc3c2=O)cc(Cl)c1OCC(=O)Nc1ccc(C)cc1. The molecule has 0 bridgehead atoms. The molecule has 39 heavy (non-hydrogen) atoms. The van der Waals surface area contributed by atoms with Crippen molar-refractivity contribution in [2.45, 2.75) is 33.1 Å². The standard InChI is InChI=1S/C29H28BrClN4O4/c1-17-6-9-20(10-7-17)33-25(36)16-39-26-22(31)12-18(13-24(26)38-5)15-32-35-27(37)21-14-19(30)8-11-23(21)34-28(35)29(2,3)4/h6-15H,16H2,1-5H3,(H,33,36). The number of ether oxygens (including phenoxy) is 2. The fourth-order valence-corrected chi connectivity index (χ4v) is 4.43. The molecule has 0 atom stereocenters. The van der Waals surface area contributed by atoms with Crippen molar-refractivity contribution in [3.05, 3.63) is 91.4 Å². The number of methoxy groups -OCH3 is 1. The Morgan fingerprint density at radius 1 is 1.15 bits per heavy atom. The van der Waals surface area contributed by atoms with Gasteiger partial charge in [0.15, 0.2) is 18.1 Å². The van der Waals surface area contributed by atoms with E-state index in [0.29, 0.717) is 33.7 Å². The van der Waals surface area contributed by atoms with Crippen LogP contribution >= 0.6 is 27.5 Å². The summed E-state index contributed by atoms with van der Waals surface area (Å²) in [6.07, 6.45) is 1.50. The fraction of sp³-hybridized carbons (Fsp3) is 0.241. The van der Waals surface area contributed by atoms with Crippen molar-refractivity contribution in [2.24, 2.45) is 5.10 Å². The van der Waals surface area contributed by atoms with Crippen LogP contribution in [-0.2, 0) is 10.2 Å². The minimum atomic E-state index is -0.454. The zero-order chi connectivity index (χ0) is 28.3. The summed E-state index contributed by atoms with van der Waals surface area (Å²) in [5.41, 5.74) is 2.17. The zero-order valence-corrected chi connectivity index (χ0v) is 24.6. The largest absolute Gasteiger partial charge is 0.493 e. The number of carbonyl (C=O) groups is 1. The van der Waals surface area contributed by atoms with Crippen LogP contribution in [0.1, 0.15) is 37.7 Å². The van der Waals surface area contributed by atoms with E-state index in [0.717, 1.165) is 10.0 Å². The number of hydrogen-bond donors (Lipinski definition) is 1. The van der Waals surface area contributed by atoms with Crippen LogP contribution in [0, 0.1) is 6.92 Å². The van der Waals surface area contributed by atoms with Crippen LogP contribution in [0.4, 0.5) is 5.69 Å². The van der Waals surface area contributed by atoms with E-state index in [1.54, 1.807) is 24.3 Å². The summed E-state index contributed by atoms with van der Waals surface area (Å²) in [6, 6.07) is 16.1. The van der Waals surface area contributed by atoms with Gasteiger partial charge in [-0.25, -0.2) is 4.98 Å². The quantitative estimate of drug-likeness (QED) is 0.247. The number of anilines is 1. The Kier molecular flexibility index (Phi) is 8.42. The first-order valence-corrected chi connectivity index (χ1v) is 13.3. The second-order valence-corrected chi connectivity index (χ2v) is 11.3. The molecule has 0 radical (unpaired) electrons. The van der Waals surface area contributed by atoms with E-state index in [1.165, 1.54) is 18.0 Å². The predicted octanol–water partition coefficient (Wildman–Crippen LogP) is 6.33. The number of carbonyl (C=O) groups excluding carboxylic acids is 1. The van der Waals surface area contributed by atoms with Crippen molar-refractivity contribution >= 4 is 56.2 Å². The molecule has 3 aromatic carbocycles. The minimum Gasteiger partial charge on any atom is -0.493 e. The van der Waals surface area contributed by atoms with E-state index in [4.69, 9.17) is 26.1 Å². The highest BCUT2D eigenvalue weighted by Gasteiger charge is 2.23. The van der Waals surface area contributed by atoms with E-state index in [-0.39, 0.29) is 28.8 Å². The molecular weight excluding hydrogens is 584 g/mol. The van der Waals surface area contributed by atoms with Gasteiger partial charge in [-0.3, -0.25) is 9.59 Å². The van der Waals surface area contributed by atoms with Crippen molar-refractivity contribution in [2.75, 3.05) is 19.0 Å². The highest BCUT2D eigenvalue weighted by atomic mass is 79.9. The van der Waals surface area contributed by atoms with Crippen molar-refractivity contribution in [3.63, 3.8) is 0 Å². The number of aryl methyl sites for hydroxylation is 1. The second-order valence-electron chi connectivity index (χ2n) is 9.95. The highest BCUT2D eigenvalue weighted by Crippen LogP contribution is 2.36. The number of aromatic nitrogens is 2. The summed E-state index contributed by atoms with van der Waals surface area (Å²) in [7, 11) is 1.47. The van der Waals surface area contributed by atoms with E-state index < -0.39 is 5.41 Å². The highest BCUT2D eigenvalue weighted by molar-refractivity contribution is 9.10. The van der Waals surface area contributed by atoms with Crippen LogP contribution in [0.5, 0.6) is 11.5 Å². The van der Waals surface area contributed by atoms with Gasteiger partial charge in [0, 0.05) is 15.6 Å². The molecule has 1 amide bonds. The number of hydrogen-bond acceptors (Lipinski definition) is 6. The lowest BCUT2D eigenvalue weighted by molar-refractivity contribution is -0.118. The summed E-state index contributed by atoms with van der Waals surface area (Å²) in [4.78, 5) is 30.5. The molecule has 1 heterocycles. The van der Waals surface area contributed by atoms with E-state index in [1.807, 2.05) is 58.0 Å². The molecule has 0 aliphatic carbocycles. The second kappa shape index (κ2) is 11.6. The Morgan fingerprint density at radius 3 is 2.54 bits per heavy atom. The molecule has 0 spiro atoms.